The number of rotatable bonds is 4. The molecule has 1 aromatic rings. The third-order valence-electron chi connectivity index (χ3n) is 4.35. The topological polar surface area (TPSA) is 71.0 Å². The van der Waals surface area contributed by atoms with Gasteiger partial charge in [-0.2, -0.15) is 0 Å². The molecule has 0 spiro atoms. The maximum Gasteiger partial charge on any atom is 0.264 e. The average Bonchev–Trinajstić information content (AvgIpc) is 3.26. The molecule has 0 aromatic heterocycles. The van der Waals surface area contributed by atoms with E-state index in [0.29, 0.717) is 21.3 Å². The highest BCUT2D eigenvalue weighted by Gasteiger charge is 2.32. The maximum absolute atomic E-state index is 12.4. The van der Waals surface area contributed by atoms with Crippen LogP contribution in [0.3, 0.4) is 0 Å². The third kappa shape index (κ3) is 4.07. The van der Waals surface area contributed by atoms with Crippen molar-refractivity contribution in [1.82, 2.24) is 10.2 Å². The Bertz CT molecular complexity index is 717. The number of hydrogen-bond donors (Lipinski definition) is 1. The zero-order valence-corrected chi connectivity index (χ0v) is 15.3. The second-order valence-electron chi connectivity index (χ2n) is 6.22. The monoisotopic (exact) mass is 383 g/mol. The molecule has 8 heteroatoms. The summed E-state index contributed by atoms with van der Waals surface area (Å²) in [6.07, 6.45) is 1.54. The number of carbonyl (C=O) groups is 2. The molecule has 134 valence electrons. The van der Waals surface area contributed by atoms with Crippen molar-refractivity contribution in [3.63, 3.8) is 0 Å². The van der Waals surface area contributed by atoms with E-state index in [4.69, 9.17) is 28.0 Å². The molecule has 0 aliphatic carbocycles. The summed E-state index contributed by atoms with van der Waals surface area (Å²) >= 11 is 12.1. The predicted molar refractivity (Wildman–Crippen MR) is 95.9 cm³/mol. The van der Waals surface area contributed by atoms with Gasteiger partial charge in [0.2, 0.25) is 12.0 Å². The van der Waals surface area contributed by atoms with Crippen molar-refractivity contribution in [1.29, 1.82) is 0 Å². The zero-order valence-electron chi connectivity index (χ0n) is 13.8. The highest BCUT2D eigenvalue weighted by molar-refractivity contribution is 6.37. The minimum atomic E-state index is -0.768. The van der Waals surface area contributed by atoms with E-state index in [-0.39, 0.29) is 18.2 Å². The molecule has 1 saturated heterocycles. The van der Waals surface area contributed by atoms with Gasteiger partial charge in [0.1, 0.15) is 6.04 Å². The molecule has 0 saturated carbocycles. The summed E-state index contributed by atoms with van der Waals surface area (Å²) in [5.41, 5.74) is 1.27. The van der Waals surface area contributed by atoms with E-state index < -0.39 is 12.1 Å². The van der Waals surface area contributed by atoms with Crippen LogP contribution in [0.4, 0.5) is 0 Å². The number of nitrogens with one attached hydrogen (secondary N) is 1. The second-order valence-corrected chi connectivity index (χ2v) is 7.07. The molecule has 0 radical (unpaired) electrons. The molecule has 1 fully saturated rings. The van der Waals surface area contributed by atoms with Crippen LogP contribution in [0.2, 0.25) is 10.0 Å². The van der Waals surface area contributed by atoms with Gasteiger partial charge in [0.05, 0.1) is 10.7 Å². The van der Waals surface area contributed by atoms with Gasteiger partial charge in [-0.3, -0.25) is 9.59 Å². The van der Waals surface area contributed by atoms with Gasteiger partial charge in [0.25, 0.3) is 5.91 Å². The van der Waals surface area contributed by atoms with Crippen molar-refractivity contribution in [2.75, 3.05) is 13.1 Å². The molecule has 3 rings (SSSR count). The van der Waals surface area contributed by atoms with Crippen LogP contribution in [0, 0.1) is 0 Å². The summed E-state index contributed by atoms with van der Waals surface area (Å²) in [4.78, 5) is 31.6. The Labute approximate surface area is 156 Å². The van der Waals surface area contributed by atoms with Gasteiger partial charge in [-0.15, -0.1) is 0 Å². The lowest BCUT2D eigenvalue weighted by Crippen LogP contribution is -2.48. The van der Waals surface area contributed by atoms with Crippen molar-refractivity contribution in [2.45, 2.75) is 38.3 Å². The first-order chi connectivity index (χ1) is 12.0. The lowest BCUT2D eigenvalue weighted by Gasteiger charge is -2.21. The van der Waals surface area contributed by atoms with E-state index in [2.05, 4.69) is 10.5 Å². The second kappa shape index (κ2) is 7.62. The zero-order chi connectivity index (χ0) is 18.0. The van der Waals surface area contributed by atoms with Crippen LogP contribution in [-0.4, -0.2) is 47.7 Å². The normalized spacial score (nSPS) is 20.8. The molecule has 2 atom stereocenters. The number of nitrogens with zero attached hydrogens (tertiary/aromatic N) is 2. The van der Waals surface area contributed by atoms with Gasteiger partial charge >= 0.3 is 0 Å². The molecule has 2 aliphatic rings. The van der Waals surface area contributed by atoms with Crippen LogP contribution in [-0.2, 0) is 14.4 Å². The lowest BCUT2D eigenvalue weighted by molar-refractivity contribution is -0.138. The van der Waals surface area contributed by atoms with Gasteiger partial charge in [0.15, 0.2) is 0 Å². The minimum Gasteiger partial charge on any atom is -0.382 e. The fourth-order valence-electron chi connectivity index (χ4n) is 2.98. The number of hydrogen-bond acceptors (Lipinski definition) is 4. The number of benzene rings is 1. The summed E-state index contributed by atoms with van der Waals surface area (Å²) in [6, 6.07) is 4.48. The van der Waals surface area contributed by atoms with E-state index in [1.807, 2.05) is 0 Å². The summed E-state index contributed by atoms with van der Waals surface area (Å²) < 4.78 is 0. The molecule has 2 amide bonds. The van der Waals surface area contributed by atoms with Crippen LogP contribution in [0.25, 0.3) is 0 Å². The van der Waals surface area contributed by atoms with Gasteiger partial charge in [-0.05, 0) is 31.9 Å². The average molecular weight is 384 g/mol. The van der Waals surface area contributed by atoms with E-state index in [9.17, 15) is 9.59 Å². The van der Waals surface area contributed by atoms with Gasteiger partial charge in [-0.1, -0.05) is 34.4 Å². The largest absolute Gasteiger partial charge is 0.382 e. The van der Waals surface area contributed by atoms with Crippen molar-refractivity contribution in [3.8, 4) is 0 Å². The molecule has 0 unspecified atom stereocenters. The molecule has 0 bridgehead atoms. The molecular formula is C17H19Cl2N3O3. The van der Waals surface area contributed by atoms with Crippen LogP contribution >= 0.6 is 23.2 Å². The first-order valence-electron chi connectivity index (χ1n) is 8.23. The first kappa shape index (κ1) is 18.0. The maximum atomic E-state index is 12.4. The van der Waals surface area contributed by atoms with E-state index in [1.165, 1.54) is 0 Å². The van der Waals surface area contributed by atoms with Crippen molar-refractivity contribution in [2.24, 2.45) is 5.16 Å². The van der Waals surface area contributed by atoms with Crippen LogP contribution < -0.4 is 5.32 Å². The Morgan fingerprint density at radius 3 is 2.72 bits per heavy atom. The Morgan fingerprint density at radius 1 is 1.32 bits per heavy atom. The van der Waals surface area contributed by atoms with Crippen LogP contribution in [0.15, 0.2) is 23.4 Å². The van der Waals surface area contributed by atoms with Crippen molar-refractivity contribution < 1.29 is 14.4 Å². The summed E-state index contributed by atoms with van der Waals surface area (Å²) in [6.45, 7) is 3.19. The quantitative estimate of drug-likeness (QED) is 0.868. The molecule has 2 aliphatic heterocycles. The van der Waals surface area contributed by atoms with Gasteiger partial charge in [-0.25, -0.2) is 0 Å². The number of amides is 2. The number of carbonyl (C=O) groups excluding carboxylic acids is 2. The Hall–Kier alpha value is -1.79. The number of oxime groups is 1. The first-order valence-corrected chi connectivity index (χ1v) is 8.98. The molecule has 25 heavy (non-hydrogen) atoms. The molecule has 1 N–H and O–H groups in total. The number of halogens is 2. The van der Waals surface area contributed by atoms with E-state index in [0.717, 1.165) is 25.9 Å². The molecule has 6 nitrogen and oxygen atoms in total. The highest BCUT2D eigenvalue weighted by atomic mass is 35.5. The highest BCUT2D eigenvalue weighted by Crippen LogP contribution is 2.26. The molecule has 2 heterocycles. The standard InChI is InChI=1S/C17H19Cl2N3O3/c1-10(17(24)22-6-2-3-7-22)20-16(23)15-9-14(21-25-15)12-5-4-11(18)8-13(12)19/h4-5,8,10,15H,2-3,6-7,9H2,1H3,(H,20,23)/t10-,15-/m0/s1. The van der Waals surface area contributed by atoms with Crippen LogP contribution in [0.5, 0.6) is 0 Å². The SMILES string of the molecule is C[C@H](NC(=O)[C@@H]1CC(c2ccc(Cl)cc2Cl)=NO1)C(=O)N1CCCC1. The fraction of sp³-hybridized carbons (Fsp3) is 0.471. The summed E-state index contributed by atoms with van der Waals surface area (Å²) in [5.74, 6) is -0.422. The number of likely N-dealkylation sites (tertiary alicyclic amines) is 1. The van der Waals surface area contributed by atoms with Crippen molar-refractivity contribution in [3.05, 3.63) is 33.8 Å². The Morgan fingerprint density at radius 2 is 2.04 bits per heavy atom. The van der Waals surface area contributed by atoms with Crippen molar-refractivity contribution >= 4 is 40.7 Å². The smallest absolute Gasteiger partial charge is 0.264 e. The van der Waals surface area contributed by atoms with Crippen LogP contribution in [0.1, 0.15) is 31.7 Å². The summed E-state index contributed by atoms with van der Waals surface area (Å²) in [5, 5.41) is 7.65. The van der Waals surface area contributed by atoms with Gasteiger partial charge < -0.3 is 15.1 Å². The molecule has 1 aromatic carbocycles. The van der Waals surface area contributed by atoms with E-state index in [1.54, 1.807) is 30.0 Å². The summed E-state index contributed by atoms with van der Waals surface area (Å²) in [7, 11) is 0. The predicted octanol–water partition coefficient (Wildman–Crippen LogP) is 2.61. The third-order valence-corrected chi connectivity index (χ3v) is 4.90. The van der Waals surface area contributed by atoms with Gasteiger partial charge in [0, 0.05) is 30.1 Å². The fourth-order valence-corrected chi connectivity index (χ4v) is 3.50. The Kier molecular flexibility index (Phi) is 5.49. The Balaban J connectivity index is 1.57. The molecular weight excluding hydrogens is 365 g/mol. The minimum absolute atomic E-state index is 0.0641. The lowest BCUT2D eigenvalue weighted by atomic mass is 10.0. The van der Waals surface area contributed by atoms with E-state index >= 15 is 0 Å².